The third-order valence-electron chi connectivity index (χ3n) is 3.90. The summed E-state index contributed by atoms with van der Waals surface area (Å²) in [5.41, 5.74) is 6.17. The molecule has 1 saturated carbocycles. The van der Waals surface area contributed by atoms with E-state index in [1.807, 2.05) is 0 Å². The molecule has 0 spiro atoms. The average molecular weight is 274 g/mol. The van der Waals surface area contributed by atoms with E-state index in [2.05, 4.69) is 10.1 Å². The van der Waals surface area contributed by atoms with Crippen molar-refractivity contribution in [3.63, 3.8) is 0 Å². The molecule has 1 heterocycles. The standard InChI is InChI=1S/C13H14N4O3/c14-8-13(5-2-6-13)12-15-11(16-20-12)9-3-1-4-10(7-9)17(18)19/h1,3-4,7H,2,5-6,8,14H2. The molecule has 0 radical (unpaired) electrons. The van der Waals surface area contributed by atoms with Crippen molar-refractivity contribution in [1.82, 2.24) is 10.1 Å². The van der Waals surface area contributed by atoms with Gasteiger partial charge in [-0.2, -0.15) is 4.98 Å². The second-order valence-electron chi connectivity index (χ2n) is 5.07. The van der Waals surface area contributed by atoms with Gasteiger partial charge in [0.15, 0.2) is 0 Å². The van der Waals surface area contributed by atoms with E-state index in [0.29, 0.717) is 23.8 Å². The summed E-state index contributed by atoms with van der Waals surface area (Å²) in [6.07, 6.45) is 2.99. The molecule has 0 unspecified atom stereocenters. The molecule has 1 aliphatic rings. The zero-order valence-corrected chi connectivity index (χ0v) is 10.8. The highest BCUT2D eigenvalue weighted by atomic mass is 16.6. The lowest BCUT2D eigenvalue weighted by atomic mass is 9.69. The fourth-order valence-corrected chi connectivity index (χ4v) is 2.42. The maximum Gasteiger partial charge on any atom is 0.270 e. The monoisotopic (exact) mass is 274 g/mol. The molecule has 2 aromatic rings. The Hall–Kier alpha value is -2.28. The molecule has 0 bridgehead atoms. The van der Waals surface area contributed by atoms with Gasteiger partial charge in [-0.25, -0.2) is 0 Å². The maximum atomic E-state index is 10.8. The molecule has 0 aliphatic heterocycles. The van der Waals surface area contributed by atoms with E-state index < -0.39 is 4.92 Å². The lowest BCUT2D eigenvalue weighted by Gasteiger charge is -2.36. The minimum absolute atomic E-state index is 0.00559. The molecule has 0 atom stereocenters. The minimum Gasteiger partial charge on any atom is -0.338 e. The summed E-state index contributed by atoms with van der Waals surface area (Å²) in [6.45, 7) is 0.476. The summed E-state index contributed by atoms with van der Waals surface area (Å²) < 4.78 is 5.31. The highest BCUT2D eigenvalue weighted by molar-refractivity contribution is 5.58. The van der Waals surface area contributed by atoms with E-state index in [4.69, 9.17) is 10.3 Å². The molecule has 1 aliphatic carbocycles. The number of rotatable bonds is 4. The number of hydrogen-bond donors (Lipinski definition) is 1. The van der Waals surface area contributed by atoms with Gasteiger partial charge in [-0.05, 0) is 12.8 Å². The van der Waals surface area contributed by atoms with Crippen molar-refractivity contribution in [2.75, 3.05) is 6.54 Å². The van der Waals surface area contributed by atoms with E-state index in [1.165, 1.54) is 12.1 Å². The summed E-state index contributed by atoms with van der Waals surface area (Å²) in [6, 6.07) is 6.19. The lowest BCUT2D eigenvalue weighted by molar-refractivity contribution is -0.384. The van der Waals surface area contributed by atoms with Crippen molar-refractivity contribution < 1.29 is 9.45 Å². The van der Waals surface area contributed by atoms with Crippen molar-refractivity contribution in [1.29, 1.82) is 0 Å². The molecule has 0 amide bonds. The Labute approximate surface area is 114 Å². The van der Waals surface area contributed by atoms with Crippen LogP contribution in [0, 0.1) is 10.1 Å². The first-order valence-electron chi connectivity index (χ1n) is 6.44. The maximum absolute atomic E-state index is 10.8. The van der Waals surface area contributed by atoms with E-state index in [-0.39, 0.29) is 11.1 Å². The van der Waals surface area contributed by atoms with Crippen LogP contribution >= 0.6 is 0 Å². The second kappa shape index (κ2) is 4.68. The van der Waals surface area contributed by atoms with Gasteiger partial charge in [-0.15, -0.1) is 0 Å². The Morgan fingerprint density at radius 2 is 2.25 bits per heavy atom. The Bertz CT molecular complexity index is 643. The summed E-state index contributed by atoms with van der Waals surface area (Å²) >= 11 is 0. The number of nitrogens with two attached hydrogens (primary N) is 1. The first-order valence-corrected chi connectivity index (χ1v) is 6.44. The van der Waals surface area contributed by atoms with E-state index >= 15 is 0 Å². The first kappa shape index (κ1) is 12.7. The van der Waals surface area contributed by atoms with Crippen LogP contribution in [-0.2, 0) is 5.41 Å². The fourth-order valence-electron chi connectivity index (χ4n) is 2.42. The van der Waals surface area contributed by atoms with Crippen molar-refractivity contribution in [2.45, 2.75) is 24.7 Å². The van der Waals surface area contributed by atoms with Crippen LogP contribution in [0.2, 0.25) is 0 Å². The van der Waals surface area contributed by atoms with Gasteiger partial charge in [0, 0.05) is 24.2 Å². The van der Waals surface area contributed by atoms with Crippen LogP contribution in [0.5, 0.6) is 0 Å². The average Bonchev–Trinajstić information content (AvgIpc) is 2.88. The van der Waals surface area contributed by atoms with Gasteiger partial charge in [0.2, 0.25) is 11.7 Å². The number of hydrogen-bond acceptors (Lipinski definition) is 6. The number of nitrogens with zero attached hydrogens (tertiary/aromatic N) is 3. The zero-order chi connectivity index (χ0) is 14.2. The Balaban J connectivity index is 1.94. The number of non-ortho nitro benzene ring substituents is 1. The number of nitro groups is 1. The van der Waals surface area contributed by atoms with Crippen LogP contribution in [0.3, 0.4) is 0 Å². The van der Waals surface area contributed by atoms with Crippen LogP contribution in [0.1, 0.15) is 25.2 Å². The Kier molecular flexibility index (Phi) is 2.98. The lowest BCUT2D eigenvalue weighted by Crippen LogP contribution is -2.41. The number of nitro benzene ring substituents is 1. The van der Waals surface area contributed by atoms with Crippen molar-refractivity contribution in [2.24, 2.45) is 5.73 Å². The zero-order valence-electron chi connectivity index (χ0n) is 10.8. The molecular weight excluding hydrogens is 260 g/mol. The van der Waals surface area contributed by atoms with Crippen LogP contribution in [0.4, 0.5) is 5.69 Å². The van der Waals surface area contributed by atoms with E-state index in [9.17, 15) is 10.1 Å². The van der Waals surface area contributed by atoms with Gasteiger partial charge in [-0.3, -0.25) is 10.1 Å². The van der Waals surface area contributed by atoms with Crippen molar-refractivity contribution in [3.8, 4) is 11.4 Å². The summed E-state index contributed by atoms with van der Waals surface area (Å²) in [7, 11) is 0. The third-order valence-corrected chi connectivity index (χ3v) is 3.90. The molecule has 2 N–H and O–H groups in total. The second-order valence-corrected chi connectivity index (χ2v) is 5.07. The minimum atomic E-state index is -0.447. The van der Waals surface area contributed by atoms with Crippen LogP contribution in [-0.4, -0.2) is 21.6 Å². The molecule has 104 valence electrons. The fraction of sp³-hybridized carbons (Fsp3) is 0.385. The van der Waals surface area contributed by atoms with Gasteiger partial charge in [0.05, 0.1) is 10.3 Å². The summed E-state index contributed by atoms with van der Waals surface area (Å²) in [5, 5.41) is 14.7. The van der Waals surface area contributed by atoms with Crippen LogP contribution in [0.15, 0.2) is 28.8 Å². The van der Waals surface area contributed by atoms with Crippen LogP contribution in [0.25, 0.3) is 11.4 Å². The first-order chi connectivity index (χ1) is 9.64. The van der Waals surface area contributed by atoms with Gasteiger partial charge < -0.3 is 10.3 Å². The topological polar surface area (TPSA) is 108 Å². The number of aromatic nitrogens is 2. The van der Waals surface area contributed by atoms with Crippen LogP contribution < -0.4 is 5.73 Å². The molecule has 1 aromatic carbocycles. The predicted molar refractivity (Wildman–Crippen MR) is 71.0 cm³/mol. The highest BCUT2D eigenvalue weighted by Gasteiger charge is 2.42. The molecule has 3 rings (SSSR count). The summed E-state index contributed by atoms with van der Waals surface area (Å²) in [4.78, 5) is 14.7. The van der Waals surface area contributed by atoms with Gasteiger partial charge in [0.1, 0.15) is 0 Å². The molecule has 1 fully saturated rings. The summed E-state index contributed by atoms with van der Waals surface area (Å²) in [5.74, 6) is 0.899. The van der Waals surface area contributed by atoms with Crippen molar-refractivity contribution >= 4 is 5.69 Å². The van der Waals surface area contributed by atoms with E-state index in [0.717, 1.165) is 19.3 Å². The molecular formula is C13H14N4O3. The Morgan fingerprint density at radius 1 is 1.45 bits per heavy atom. The molecule has 20 heavy (non-hydrogen) atoms. The van der Waals surface area contributed by atoms with Crippen molar-refractivity contribution in [3.05, 3.63) is 40.3 Å². The van der Waals surface area contributed by atoms with Gasteiger partial charge in [0.25, 0.3) is 5.69 Å². The normalized spacial score (nSPS) is 16.6. The van der Waals surface area contributed by atoms with Gasteiger partial charge >= 0.3 is 0 Å². The molecule has 7 nitrogen and oxygen atoms in total. The molecule has 0 saturated heterocycles. The van der Waals surface area contributed by atoms with E-state index in [1.54, 1.807) is 12.1 Å². The third kappa shape index (κ3) is 1.96. The van der Waals surface area contributed by atoms with Gasteiger partial charge in [-0.1, -0.05) is 23.7 Å². The smallest absolute Gasteiger partial charge is 0.270 e. The quantitative estimate of drug-likeness (QED) is 0.675. The highest BCUT2D eigenvalue weighted by Crippen LogP contribution is 2.42. The predicted octanol–water partition coefficient (Wildman–Crippen LogP) is 2.03. The Morgan fingerprint density at radius 3 is 2.85 bits per heavy atom. The SMILES string of the molecule is NCC1(c2nc(-c3cccc([N+](=O)[O-])c3)no2)CCC1. The number of benzene rings is 1. The molecule has 7 heteroatoms. The largest absolute Gasteiger partial charge is 0.338 e. The molecule has 1 aromatic heterocycles.